The highest BCUT2D eigenvalue weighted by Gasteiger charge is 2.57. The van der Waals surface area contributed by atoms with Crippen LogP contribution in [0.2, 0.25) is 0 Å². The van der Waals surface area contributed by atoms with Crippen LogP contribution in [-0.4, -0.2) is 36.1 Å². The standard InChI is InChI=1S/C30H41NO4/c1-28(2)16-34-30(35-17-28)13-12-21-20(14-30)8-9-22-24-10-11-25(32)29(24,3)15-23(26(21)22)18-4-6-19(7-5-18)27(31)33/h4-7,20,22-25,32H,8-17H2,1-3H3,(H2,31,33)/t20?,22?,23-,24?,25+,29+/m1/s1. The molecule has 1 heterocycles. The number of primary amides is 1. The van der Waals surface area contributed by atoms with Crippen molar-refractivity contribution in [2.24, 2.45) is 34.3 Å². The monoisotopic (exact) mass is 479 g/mol. The molecule has 0 bridgehead atoms. The Hall–Kier alpha value is -1.69. The Balaban J connectivity index is 1.37. The Bertz CT molecular complexity index is 1030. The van der Waals surface area contributed by atoms with Crippen LogP contribution in [0.15, 0.2) is 35.4 Å². The maximum Gasteiger partial charge on any atom is 0.248 e. The van der Waals surface area contributed by atoms with Crippen LogP contribution in [-0.2, 0) is 9.47 Å². The maximum absolute atomic E-state index is 11.7. The zero-order chi connectivity index (χ0) is 24.6. The molecule has 0 aromatic heterocycles. The lowest BCUT2D eigenvalue weighted by atomic mass is 9.52. The molecule has 4 aliphatic carbocycles. The third-order valence-electron chi connectivity index (χ3n) is 10.3. The molecule has 35 heavy (non-hydrogen) atoms. The van der Waals surface area contributed by atoms with Crippen LogP contribution in [0.1, 0.15) is 94.0 Å². The number of nitrogens with two attached hydrogens (primary N) is 1. The van der Waals surface area contributed by atoms with Crippen molar-refractivity contribution in [1.29, 1.82) is 0 Å². The average molecular weight is 480 g/mol. The van der Waals surface area contributed by atoms with E-state index < -0.39 is 5.79 Å². The Morgan fingerprint density at radius 2 is 1.71 bits per heavy atom. The van der Waals surface area contributed by atoms with E-state index in [-0.39, 0.29) is 28.8 Å². The minimum Gasteiger partial charge on any atom is -0.393 e. The maximum atomic E-state index is 11.7. The summed E-state index contributed by atoms with van der Waals surface area (Å²) in [5.41, 5.74) is 10.7. The highest BCUT2D eigenvalue weighted by atomic mass is 16.7. The molecule has 1 aliphatic heterocycles. The van der Waals surface area contributed by atoms with E-state index in [9.17, 15) is 9.90 Å². The molecule has 0 radical (unpaired) electrons. The minimum absolute atomic E-state index is 0.0499. The fraction of sp³-hybridized carbons (Fsp3) is 0.700. The highest BCUT2D eigenvalue weighted by Crippen LogP contribution is 2.64. The third-order valence-corrected chi connectivity index (χ3v) is 10.3. The number of carbonyl (C=O) groups excluding carboxylic acids is 1. The van der Waals surface area contributed by atoms with Gasteiger partial charge in [0.05, 0.1) is 19.3 Å². The van der Waals surface area contributed by atoms with E-state index in [2.05, 4.69) is 32.9 Å². The molecule has 190 valence electrons. The molecule has 1 aromatic carbocycles. The van der Waals surface area contributed by atoms with Gasteiger partial charge in [0.25, 0.3) is 0 Å². The van der Waals surface area contributed by atoms with Gasteiger partial charge >= 0.3 is 0 Å². The first kappa shape index (κ1) is 23.7. The summed E-state index contributed by atoms with van der Waals surface area (Å²) in [4.78, 5) is 11.7. The second-order valence-electron chi connectivity index (χ2n) is 13.2. The van der Waals surface area contributed by atoms with Gasteiger partial charge in [0.2, 0.25) is 5.91 Å². The number of hydrogen-bond acceptors (Lipinski definition) is 4. The zero-order valence-electron chi connectivity index (χ0n) is 21.5. The molecule has 6 rings (SSSR count). The van der Waals surface area contributed by atoms with Crippen LogP contribution in [0.3, 0.4) is 0 Å². The summed E-state index contributed by atoms with van der Waals surface area (Å²) in [5, 5.41) is 11.1. The SMILES string of the molecule is CC1(C)COC2(CCC3=C4C(CCC3C2)C2CC[C@H](O)[C@@]2(C)C[C@@H]4c2ccc(C(N)=O)cc2)OC1. The summed E-state index contributed by atoms with van der Waals surface area (Å²) in [7, 11) is 0. The Kier molecular flexibility index (Phi) is 5.52. The van der Waals surface area contributed by atoms with Crippen molar-refractivity contribution >= 4 is 5.91 Å². The van der Waals surface area contributed by atoms with Crippen LogP contribution in [0, 0.1) is 28.6 Å². The van der Waals surface area contributed by atoms with Crippen LogP contribution in [0.25, 0.3) is 0 Å². The molecule has 3 N–H and O–H groups in total. The summed E-state index contributed by atoms with van der Waals surface area (Å²) in [6.45, 7) is 8.28. The van der Waals surface area contributed by atoms with Crippen molar-refractivity contribution in [3.8, 4) is 0 Å². The second kappa shape index (κ2) is 8.16. The van der Waals surface area contributed by atoms with E-state index in [1.54, 1.807) is 11.1 Å². The van der Waals surface area contributed by atoms with Gasteiger partial charge in [-0.25, -0.2) is 0 Å². The van der Waals surface area contributed by atoms with Gasteiger partial charge in [0, 0.05) is 29.7 Å². The lowest BCUT2D eigenvalue weighted by molar-refractivity contribution is -0.312. The van der Waals surface area contributed by atoms with Gasteiger partial charge in [-0.1, -0.05) is 44.1 Å². The van der Waals surface area contributed by atoms with Gasteiger partial charge in [-0.2, -0.15) is 0 Å². The summed E-state index contributed by atoms with van der Waals surface area (Å²) >= 11 is 0. The van der Waals surface area contributed by atoms with Crippen molar-refractivity contribution in [1.82, 2.24) is 0 Å². The van der Waals surface area contributed by atoms with Crippen LogP contribution in [0.5, 0.6) is 0 Å². The smallest absolute Gasteiger partial charge is 0.248 e. The molecule has 5 aliphatic rings. The predicted molar refractivity (Wildman–Crippen MR) is 135 cm³/mol. The first-order valence-electron chi connectivity index (χ1n) is 13.7. The first-order valence-corrected chi connectivity index (χ1v) is 13.7. The van der Waals surface area contributed by atoms with Crippen molar-refractivity contribution in [2.45, 2.75) is 89.9 Å². The lowest BCUT2D eigenvalue weighted by Crippen LogP contribution is -2.52. The topological polar surface area (TPSA) is 81.8 Å². The number of aliphatic hydroxyl groups excluding tert-OH is 1. The number of allylic oxidation sites excluding steroid dienone is 2. The number of aliphatic hydroxyl groups is 1. The van der Waals surface area contributed by atoms with E-state index in [0.717, 1.165) is 51.7 Å². The quantitative estimate of drug-likeness (QED) is 0.562. The number of hydrogen-bond donors (Lipinski definition) is 2. The van der Waals surface area contributed by atoms with Gasteiger partial charge in [-0.05, 0) is 79.4 Å². The predicted octanol–water partition coefficient (Wildman–Crippen LogP) is 5.33. The van der Waals surface area contributed by atoms with Crippen LogP contribution in [0.4, 0.5) is 0 Å². The number of ether oxygens (including phenoxy) is 2. The summed E-state index contributed by atoms with van der Waals surface area (Å²) in [6.07, 6.45) is 8.11. The van der Waals surface area contributed by atoms with E-state index in [1.165, 1.54) is 18.4 Å². The molecule has 3 unspecified atom stereocenters. The molecule has 4 fully saturated rings. The molecule has 3 saturated carbocycles. The van der Waals surface area contributed by atoms with Gasteiger partial charge < -0.3 is 20.3 Å². The van der Waals surface area contributed by atoms with Crippen molar-refractivity contribution in [3.05, 3.63) is 46.5 Å². The van der Waals surface area contributed by atoms with E-state index >= 15 is 0 Å². The second-order valence-corrected chi connectivity index (χ2v) is 13.2. The fourth-order valence-corrected chi connectivity index (χ4v) is 8.38. The molecular weight excluding hydrogens is 438 g/mol. The van der Waals surface area contributed by atoms with Gasteiger partial charge in [-0.15, -0.1) is 0 Å². The molecule has 5 nitrogen and oxygen atoms in total. The van der Waals surface area contributed by atoms with Gasteiger partial charge in [-0.3, -0.25) is 4.79 Å². The fourth-order valence-electron chi connectivity index (χ4n) is 8.38. The summed E-state index contributed by atoms with van der Waals surface area (Å²) in [6, 6.07) is 7.95. The Morgan fingerprint density at radius 1 is 1.00 bits per heavy atom. The average Bonchev–Trinajstić information content (AvgIpc) is 3.14. The van der Waals surface area contributed by atoms with Crippen LogP contribution < -0.4 is 5.73 Å². The summed E-state index contributed by atoms with van der Waals surface area (Å²) in [5.74, 6) is 1.10. The largest absolute Gasteiger partial charge is 0.393 e. The molecule has 1 saturated heterocycles. The highest BCUT2D eigenvalue weighted by molar-refractivity contribution is 5.92. The lowest BCUT2D eigenvalue weighted by Gasteiger charge is -2.55. The zero-order valence-corrected chi connectivity index (χ0v) is 21.5. The molecule has 6 atom stereocenters. The van der Waals surface area contributed by atoms with Gasteiger partial charge in [0.1, 0.15) is 0 Å². The minimum atomic E-state index is -0.414. The number of fused-ring (bicyclic) bond motifs is 4. The molecule has 1 spiro atoms. The Morgan fingerprint density at radius 3 is 2.40 bits per heavy atom. The molecular formula is C30H41NO4. The molecule has 1 amide bonds. The van der Waals surface area contributed by atoms with E-state index in [0.29, 0.717) is 23.3 Å². The van der Waals surface area contributed by atoms with E-state index in [1.807, 2.05) is 12.1 Å². The van der Waals surface area contributed by atoms with Crippen molar-refractivity contribution < 1.29 is 19.4 Å². The summed E-state index contributed by atoms with van der Waals surface area (Å²) < 4.78 is 12.9. The molecule has 5 heteroatoms. The van der Waals surface area contributed by atoms with Crippen molar-refractivity contribution in [2.75, 3.05) is 13.2 Å². The van der Waals surface area contributed by atoms with E-state index in [4.69, 9.17) is 15.2 Å². The number of benzene rings is 1. The normalized spacial score (nSPS) is 39.6. The Labute approximate surface area is 209 Å². The first-order chi connectivity index (χ1) is 16.6. The molecule has 1 aromatic rings. The third kappa shape index (κ3) is 3.81. The number of carbonyl (C=O) groups is 1. The number of amides is 1. The van der Waals surface area contributed by atoms with Crippen molar-refractivity contribution in [3.63, 3.8) is 0 Å². The number of rotatable bonds is 2. The van der Waals surface area contributed by atoms with Crippen LogP contribution >= 0.6 is 0 Å². The van der Waals surface area contributed by atoms with Gasteiger partial charge in [0.15, 0.2) is 5.79 Å².